The Labute approximate surface area is 116 Å². The molecule has 0 N–H and O–H groups in total. The minimum atomic E-state index is -2.88. The molecule has 0 amide bonds. The summed E-state index contributed by atoms with van der Waals surface area (Å²) in [5, 5.41) is 0.131. The molecule has 0 aliphatic carbocycles. The molecule has 2 heterocycles. The van der Waals surface area contributed by atoms with Gasteiger partial charge in [-0.15, -0.1) is 0 Å². The van der Waals surface area contributed by atoms with Gasteiger partial charge in [0.15, 0.2) is 9.84 Å². The van der Waals surface area contributed by atoms with Gasteiger partial charge in [-0.05, 0) is 5.56 Å². The Kier molecular flexibility index (Phi) is 3.11. The lowest BCUT2D eigenvalue weighted by atomic mass is 10.1. The van der Waals surface area contributed by atoms with E-state index in [-0.39, 0.29) is 22.8 Å². The van der Waals surface area contributed by atoms with Crippen LogP contribution >= 0.6 is 24.0 Å². The molecule has 0 saturated carbocycles. The van der Waals surface area contributed by atoms with Crippen molar-refractivity contribution in [2.45, 2.75) is 17.8 Å². The van der Waals surface area contributed by atoms with Gasteiger partial charge in [-0.2, -0.15) is 0 Å². The molecule has 96 valence electrons. The van der Waals surface area contributed by atoms with Crippen LogP contribution in [-0.4, -0.2) is 40.4 Å². The fourth-order valence-corrected chi connectivity index (χ4v) is 6.87. The second kappa shape index (κ2) is 4.51. The van der Waals surface area contributed by atoms with Crippen LogP contribution < -0.4 is 0 Å². The van der Waals surface area contributed by atoms with Gasteiger partial charge in [0.2, 0.25) is 0 Å². The zero-order chi connectivity index (χ0) is 12.8. The van der Waals surface area contributed by atoms with Crippen LogP contribution in [0.1, 0.15) is 5.56 Å². The van der Waals surface area contributed by atoms with Gasteiger partial charge in [-0.3, -0.25) is 0 Å². The molecule has 2 aliphatic heterocycles. The Bertz CT molecular complexity index is 570. The topological polar surface area (TPSA) is 37.4 Å². The van der Waals surface area contributed by atoms with Gasteiger partial charge in [0.1, 0.15) is 4.32 Å². The van der Waals surface area contributed by atoms with Gasteiger partial charge in [0, 0.05) is 11.8 Å². The summed E-state index contributed by atoms with van der Waals surface area (Å²) in [5.74, 6) is 0.519. The number of thioether (sulfide) groups is 1. The van der Waals surface area contributed by atoms with Gasteiger partial charge in [0.05, 0.1) is 17.5 Å². The van der Waals surface area contributed by atoms with Crippen molar-refractivity contribution in [3.8, 4) is 0 Å². The van der Waals surface area contributed by atoms with E-state index in [1.54, 1.807) is 11.8 Å². The highest BCUT2D eigenvalue weighted by atomic mass is 32.2. The number of fused-ring (bicyclic) bond motifs is 1. The van der Waals surface area contributed by atoms with E-state index in [9.17, 15) is 8.42 Å². The Morgan fingerprint density at radius 3 is 2.72 bits per heavy atom. The predicted molar refractivity (Wildman–Crippen MR) is 78.4 cm³/mol. The lowest BCUT2D eigenvalue weighted by Gasteiger charge is -2.23. The number of nitrogens with zero attached hydrogens (tertiary/aromatic N) is 1. The fraction of sp³-hybridized carbons (Fsp3) is 0.417. The van der Waals surface area contributed by atoms with Crippen molar-refractivity contribution in [3.63, 3.8) is 0 Å². The van der Waals surface area contributed by atoms with Crippen LogP contribution in [0.3, 0.4) is 0 Å². The monoisotopic (exact) mass is 299 g/mol. The normalized spacial score (nSPS) is 29.6. The van der Waals surface area contributed by atoms with Gasteiger partial charge in [-0.25, -0.2) is 8.42 Å². The van der Waals surface area contributed by atoms with Crippen molar-refractivity contribution in [2.24, 2.45) is 0 Å². The zero-order valence-corrected chi connectivity index (χ0v) is 12.1. The molecule has 3 rings (SSSR count). The molecule has 2 aliphatic rings. The molecule has 0 bridgehead atoms. The van der Waals surface area contributed by atoms with E-state index < -0.39 is 9.84 Å². The first-order valence-corrected chi connectivity index (χ1v) is 8.88. The van der Waals surface area contributed by atoms with E-state index in [4.69, 9.17) is 12.2 Å². The summed E-state index contributed by atoms with van der Waals surface area (Å²) in [5.41, 5.74) is 1.17. The second-order valence-electron chi connectivity index (χ2n) is 4.68. The molecule has 2 atom stereocenters. The third kappa shape index (κ3) is 2.29. The third-order valence-electron chi connectivity index (χ3n) is 3.35. The van der Waals surface area contributed by atoms with E-state index in [2.05, 4.69) is 4.90 Å². The molecule has 2 fully saturated rings. The molecule has 0 radical (unpaired) electrons. The highest BCUT2D eigenvalue weighted by molar-refractivity contribution is 8.24. The third-order valence-corrected chi connectivity index (χ3v) is 7.03. The number of benzene rings is 1. The molecular formula is C12H13NO2S3. The summed E-state index contributed by atoms with van der Waals surface area (Å²) in [6, 6.07) is 10.1. The van der Waals surface area contributed by atoms with Crippen LogP contribution in [0.2, 0.25) is 0 Å². The van der Waals surface area contributed by atoms with Crippen LogP contribution in [-0.2, 0) is 16.4 Å². The van der Waals surface area contributed by atoms with Gasteiger partial charge in [-0.1, -0.05) is 54.3 Å². The Morgan fingerprint density at radius 1 is 1.28 bits per heavy atom. The molecule has 0 unspecified atom stereocenters. The SMILES string of the molecule is O=S1(=O)C[C@H]2SC(=S)N(Cc3ccccc3)[C@H]2C1. The van der Waals surface area contributed by atoms with E-state index in [1.165, 1.54) is 5.56 Å². The summed E-state index contributed by atoms with van der Waals surface area (Å²) in [6.07, 6.45) is 0. The molecule has 2 saturated heterocycles. The minimum absolute atomic E-state index is 0.0627. The van der Waals surface area contributed by atoms with Crippen molar-refractivity contribution < 1.29 is 8.42 Å². The number of thiocarbonyl (C=S) groups is 1. The maximum Gasteiger partial charge on any atom is 0.153 e. The van der Waals surface area contributed by atoms with Crippen molar-refractivity contribution in [3.05, 3.63) is 35.9 Å². The van der Waals surface area contributed by atoms with Crippen LogP contribution in [0, 0.1) is 0 Å². The summed E-state index contributed by atoms with van der Waals surface area (Å²) < 4.78 is 24.2. The first-order chi connectivity index (χ1) is 8.55. The smallest absolute Gasteiger partial charge is 0.153 e. The summed E-state index contributed by atoms with van der Waals surface area (Å²) in [4.78, 5) is 2.07. The molecule has 6 heteroatoms. The van der Waals surface area contributed by atoms with Gasteiger partial charge < -0.3 is 4.90 Å². The minimum Gasteiger partial charge on any atom is -0.348 e. The molecule has 0 spiro atoms. The molecule has 1 aromatic carbocycles. The number of hydrogen-bond acceptors (Lipinski definition) is 4. The average Bonchev–Trinajstić information content (AvgIpc) is 2.74. The largest absolute Gasteiger partial charge is 0.348 e. The zero-order valence-electron chi connectivity index (χ0n) is 9.65. The van der Waals surface area contributed by atoms with Crippen LogP contribution in [0.15, 0.2) is 30.3 Å². The van der Waals surface area contributed by atoms with Crippen LogP contribution in [0.5, 0.6) is 0 Å². The summed E-state index contributed by atoms with van der Waals surface area (Å²) in [7, 11) is -2.88. The maximum atomic E-state index is 11.7. The lowest BCUT2D eigenvalue weighted by Crippen LogP contribution is -2.36. The predicted octanol–water partition coefficient (Wildman–Crippen LogP) is 1.69. The van der Waals surface area contributed by atoms with Crippen LogP contribution in [0.4, 0.5) is 0 Å². The second-order valence-corrected chi connectivity index (χ2v) is 8.71. The first kappa shape index (κ1) is 12.4. The quantitative estimate of drug-likeness (QED) is 0.777. The first-order valence-electron chi connectivity index (χ1n) is 5.77. The van der Waals surface area contributed by atoms with Crippen molar-refractivity contribution in [1.82, 2.24) is 4.90 Å². The number of hydrogen-bond donors (Lipinski definition) is 0. The van der Waals surface area contributed by atoms with E-state index in [0.717, 1.165) is 4.32 Å². The van der Waals surface area contributed by atoms with Gasteiger partial charge in [0.25, 0.3) is 0 Å². The van der Waals surface area contributed by atoms with Crippen molar-refractivity contribution in [1.29, 1.82) is 0 Å². The molecule has 18 heavy (non-hydrogen) atoms. The summed E-state index contributed by atoms with van der Waals surface area (Å²) >= 11 is 6.91. The van der Waals surface area contributed by atoms with E-state index in [1.807, 2.05) is 30.3 Å². The Balaban J connectivity index is 1.82. The molecule has 3 nitrogen and oxygen atoms in total. The van der Waals surface area contributed by atoms with Crippen LogP contribution in [0.25, 0.3) is 0 Å². The fourth-order valence-electron chi connectivity index (χ4n) is 2.49. The standard InChI is InChI=1S/C12H13NO2S3/c14-18(15)7-10-11(8-18)17-12(16)13(10)6-9-4-2-1-3-5-9/h1-5,10-11H,6-8H2/t10-,11+/m0/s1. The molecule has 1 aromatic rings. The molecule has 0 aromatic heterocycles. The summed E-state index contributed by atoms with van der Waals surface area (Å²) in [6.45, 7) is 0.712. The van der Waals surface area contributed by atoms with Crippen molar-refractivity contribution >= 4 is 38.1 Å². The number of rotatable bonds is 2. The highest BCUT2D eigenvalue weighted by Crippen LogP contribution is 2.38. The average molecular weight is 299 g/mol. The Morgan fingerprint density at radius 2 is 2.00 bits per heavy atom. The molecular weight excluding hydrogens is 286 g/mol. The Hall–Kier alpha value is -0.590. The highest BCUT2D eigenvalue weighted by Gasteiger charge is 2.47. The number of sulfone groups is 1. The van der Waals surface area contributed by atoms with Crippen molar-refractivity contribution in [2.75, 3.05) is 11.5 Å². The maximum absolute atomic E-state index is 11.7. The van der Waals surface area contributed by atoms with Gasteiger partial charge >= 0.3 is 0 Å². The lowest BCUT2D eigenvalue weighted by molar-refractivity contribution is 0.355. The van der Waals surface area contributed by atoms with E-state index in [0.29, 0.717) is 6.54 Å². The van der Waals surface area contributed by atoms with E-state index >= 15 is 0 Å².